The number of hydrogen-bond donors (Lipinski definition) is 1. The lowest BCUT2D eigenvalue weighted by atomic mass is 9.97. The van der Waals surface area contributed by atoms with Crippen molar-refractivity contribution in [1.29, 1.82) is 0 Å². The molecule has 1 saturated heterocycles. The van der Waals surface area contributed by atoms with Crippen LogP contribution in [0.3, 0.4) is 0 Å². The molecule has 0 unspecified atom stereocenters. The lowest BCUT2D eigenvalue weighted by molar-refractivity contribution is -0.126. The second kappa shape index (κ2) is 12.1. The summed E-state index contributed by atoms with van der Waals surface area (Å²) in [7, 11) is 0. The molecule has 2 heterocycles. The lowest BCUT2D eigenvalue weighted by Gasteiger charge is -2.31. The molecule has 4 rings (SSSR count). The number of hydrogen-bond acceptors (Lipinski definition) is 5. The summed E-state index contributed by atoms with van der Waals surface area (Å²) in [5.41, 5.74) is 3.19. The zero-order valence-electron chi connectivity index (χ0n) is 20.3. The zero-order chi connectivity index (χ0) is 23.0. The standard InChI is InChI=1S/C27H39N3O2S/c1-20-10-6-7-14-24(20)27-29-25(21(2)32-27)19-30-16-8-11-22(18-30)26(31)28-15-9-17-33-23-12-4-3-5-13-23/h6-7,10,14,22-23H,3-5,8-9,11-13,15-19H2,1-2H3,(H,28,31)/t22-/m1/s1. The average molecular weight is 470 g/mol. The van der Waals surface area contributed by atoms with Crippen LogP contribution in [0.4, 0.5) is 0 Å². The highest BCUT2D eigenvalue weighted by molar-refractivity contribution is 7.99. The molecule has 1 aromatic heterocycles. The van der Waals surface area contributed by atoms with E-state index in [2.05, 4.69) is 41.0 Å². The molecule has 33 heavy (non-hydrogen) atoms. The lowest BCUT2D eigenvalue weighted by Crippen LogP contribution is -2.43. The molecule has 0 bridgehead atoms. The van der Waals surface area contributed by atoms with Gasteiger partial charge in [-0.3, -0.25) is 9.69 Å². The quantitative estimate of drug-likeness (QED) is 0.474. The van der Waals surface area contributed by atoms with Crippen molar-refractivity contribution in [2.24, 2.45) is 5.92 Å². The predicted octanol–water partition coefficient (Wildman–Crippen LogP) is 5.74. The van der Waals surface area contributed by atoms with Crippen LogP contribution in [-0.2, 0) is 11.3 Å². The number of amides is 1. The number of piperidine rings is 1. The fourth-order valence-electron chi connectivity index (χ4n) is 5.04. The minimum atomic E-state index is 0.0767. The summed E-state index contributed by atoms with van der Waals surface area (Å²) in [6.07, 6.45) is 10.1. The van der Waals surface area contributed by atoms with Crippen molar-refractivity contribution in [3.05, 3.63) is 41.3 Å². The second-order valence-electron chi connectivity index (χ2n) is 9.69. The van der Waals surface area contributed by atoms with Gasteiger partial charge in [0.15, 0.2) is 0 Å². The van der Waals surface area contributed by atoms with Gasteiger partial charge in [-0.15, -0.1) is 0 Å². The molecule has 1 atom stereocenters. The Labute approximate surface area is 203 Å². The van der Waals surface area contributed by atoms with Crippen LogP contribution in [0.1, 0.15) is 68.4 Å². The van der Waals surface area contributed by atoms with Gasteiger partial charge >= 0.3 is 0 Å². The van der Waals surface area contributed by atoms with Crippen LogP contribution in [0.15, 0.2) is 28.7 Å². The molecule has 1 aromatic carbocycles. The van der Waals surface area contributed by atoms with Crippen molar-refractivity contribution in [1.82, 2.24) is 15.2 Å². The van der Waals surface area contributed by atoms with Crippen molar-refractivity contribution in [2.75, 3.05) is 25.4 Å². The van der Waals surface area contributed by atoms with E-state index in [4.69, 9.17) is 9.40 Å². The number of rotatable bonds is 9. The van der Waals surface area contributed by atoms with E-state index in [1.54, 1.807) is 0 Å². The number of likely N-dealkylation sites (tertiary alicyclic amines) is 1. The van der Waals surface area contributed by atoms with Crippen molar-refractivity contribution in [3.8, 4) is 11.5 Å². The third-order valence-corrected chi connectivity index (χ3v) is 8.51. The highest BCUT2D eigenvalue weighted by atomic mass is 32.2. The summed E-state index contributed by atoms with van der Waals surface area (Å²) in [5, 5.41) is 4.06. The monoisotopic (exact) mass is 469 g/mol. The molecule has 2 aliphatic rings. The summed E-state index contributed by atoms with van der Waals surface area (Å²) in [4.78, 5) is 19.9. The number of thioether (sulfide) groups is 1. The fourth-order valence-corrected chi connectivity index (χ4v) is 6.35. The van der Waals surface area contributed by atoms with Gasteiger partial charge in [-0.1, -0.05) is 37.5 Å². The van der Waals surface area contributed by atoms with E-state index in [0.717, 1.165) is 79.0 Å². The maximum atomic E-state index is 12.8. The van der Waals surface area contributed by atoms with Gasteiger partial charge in [0, 0.05) is 30.4 Å². The Hall–Kier alpha value is -1.79. The summed E-state index contributed by atoms with van der Waals surface area (Å²) >= 11 is 2.11. The number of aryl methyl sites for hydroxylation is 2. The first kappa shape index (κ1) is 24.3. The molecule has 1 amide bonds. The molecule has 0 radical (unpaired) electrons. The van der Waals surface area contributed by atoms with Crippen LogP contribution in [0, 0.1) is 19.8 Å². The topological polar surface area (TPSA) is 58.4 Å². The van der Waals surface area contributed by atoms with E-state index >= 15 is 0 Å². The molecular weight excluding hydrogens is 430 g/mol. The van der Waals surface area contributed by atoms with E-state index < -0.39 is 0 Å². The minimum absolute atomic E-state index is 0.0767. The largest absolute Gasteiger partial charge is 0.441 e. The SMILES string of the molecule is Cc1ccccc1-c1nc(CN2CCC[C@@H](C(=O)NCCCSC3CCCCC3)C2)c(C)o1. The molecule has 1 N–H and O–H groups in total. The maximum Gasteiger partial charge on any atom is 0.226 e. The molecule has 2 fully saturated rings. The molecule has 6 heteroatoms. The Morgan fingerprint density at radius 1 is 1.15 bits per heavy atom. The highest BCUT2D eigenvalue weighted by Crippen LogP contribution is 2.29. The number of nitrogens with one attached hydrogen (secondary N) is 1. The zero-order valence-corrected chi connectivity index (χ0v) is 21.1. The van der Waals surface area contributed by atoms with Crippen molar-refractivity contribution in [3.63, 3.8) is 0 Å². The van der Waals surface area contributed by atoms with Gasteiger partial charge in [0.25, 0.3) is 0 Å². The molecule has 2 aromatic rings. The Morgan fingerprint density at radius 2 is 1.97 bits per heavy atom. The number of carbonyl (C=O) groups excluding carboxylic acids is 1. The van der Waals surface area contributed by atoms with Crippen LogP contribution >= 0.6 is 11.8 Å². The third kappa shape index (κ3) is 6.86. The van der Waals surface area contributed by atoms with Crippen molar-refractivity contribution in [2.45, 2.75) is 77.0 Å². The summed E-state index contributed by atoms with van der Waals surface area (Å²) in [5.74, 6) is 3.03. The Balaban J connectivity index is 1.22. The molecule has 180 valence electrons. The van der Waals surface area contributed by atoms with Gasteiger partial charge in [0.1, 0.15) is 5.76 Å². The Morgan fingerprint density at radius 3 is 2.79 bits per heavy atom. The summed E-state index contributed by atoms with van der Waals surface area (Å²) in [6, 6.07) is 8.19. The molecule has 1 aliphatic carbocycles. The van der Waals surface area contributed by atoms with E-state index in [1.807, 2.05) is 19.1 Å². The molecular formula is C27H39N3O2S. The average Bonchev–Trinajstić information content (AvgIpc) is 3.19. The maximum absolute atomic E-state index is 12.8. The van der Waals surface area contributed by atoms with Gasteiger partial charge in [-0.2, -0.15) is 11.8 Å². The molecule has 1 aliphatic heterocycles. The Bertz CT molecular complexity index is 907. The second-order valence-corrected chi connectivity index (χ2v) is 11.1. The van der Waals surface area contributed by atoms with E-state index in [0.29, 0.717) is 5.89 Å². The number of carbonyl (C=O) groups is 1. The minimum Gasteiger partial charge on any atom is -0.441 e. The van der Waals surface area contributed by atoms with Gasteiger partial charge in [-0.05, 0) is 69.9 Å². The first-order valence-electron chi connectivity index (χ1n) is 12.7. The predicted molar refractivity (Wildman–Crippen MR) is 136 cm³/mol. The van der Waals surface area contributed by atoms with Crippen LogP contribution < -0.4 is 5.32 Å². The van der Waals surface area contributed by atoms with Gasteiger partial charge < -0.3 is 9.73 Å². The van der Waals surface area contributed by atoms with E-state index in [1.165, 1.54) is 32.1 Å². The molecule has 0 spiro atoms. The number of oxazole rings is 1. The third-order valence-electron chi connectivity index (χ3n) is 7.04. The fraction of sp³-hybridized carbons (Fsp3) is 0.630. The smallest absolute Gasteiger partial charge is 0.226 e. The number of nitrogens with zero attached hydrogens (tertiary/aromatic N) is 2. The first-order chi connectivity index (χ1) is 16.1. The molecule has 5 nitrogen and oxygen atoms in total. The number of aromatic nitrogens is 1. The van der Waals surface area contributed by atoms with E-state index in [9.17, 15) is 4.79 Å². The number of benzene rings is 1. The normalized spacial score (nSPS) is 20.1. The van der Waals surface area contributed by atoms with Crippen molar-refractivity contribution < 1.29 is 9.21 Å². The van der Waals surface area contributed by atoms with Crippen LogP contribution in [0.2, 0.25) is 0 Å². The Kier molecular flexibility index (Phi) is 8.90. The summed E-state index contributed by atoms with van der Waals surface area (Å²) < 4.78 is 6.00. The van der Waals surface area contributed by atoms with E-state index in [-0.39, 0.29) is 11.8 Å². The van der Waals surface area contributed by atoms with Gasteiger partial charge in [0.05, 0.1) is 11.6 Å². The van der Waals surface area contributed by atoms with Crippen molar-refractivity contribution >= 4 is 17.7 Å². The first-order valence-corrected chi connectivity index (χ1v) is 13.8. The summed E-state index contributed by atoms with van der Waals surface area (Å²) in [6.45, 7) is 7.42. The molecule has 1 saturated carbocycles. The van der Waals surface area contributed by atoms with Crippen LogP contribution in [0.25, 0.3) is 11.5 Å². The van der Waals surface area contributed by atoms with Crippen LogP contribution in [0.5, 0.6) is 0 Å². The highest BCUT2D eigenvalue weighted by Gasteiger charge is 2.27. The van der Waals surface area contributed by atoms with Gasteiger partial charge in [-0.25, -0.2) is 4.98 Å². The van der Waals surface area contributed by atoms with Gasteiger partial charge in [0.2, 0.25) is 11.8 Å². The van der Waals surface area contributed by atoms with Crippen LogP contribution in [-0.4, -0.2) is 46.4 Å².